The van der Waals surface area contributed by atoms with E-state index in [2.05, 4.69) is 14.6 Å². The maximum atomic E-state index is 12.3. The van der Waals surface area contributed by atoms with Gasteiger partial charge in [0.2, 0.25) is 10.0 Å². The lowest BCUT2D eigenvalue weighted by Gasteiger charge is -2.35. The molecule has 2 heterocycles. The maximum absolute atomic E-state index is 12.3. The van der Waals surface area contributed by atoms with Gasteiger partial charge in [-0.2, -0.15) is 0 Å². The van der Waals surface area contributed by atoms with Crippen molar-refractivity contribution >= 4 is 33.2 Å². The van der Waals surface area contributed by atoms with Gasteiger partial charge in [-0.1, -0.05) is 23.2 Å². The van der Waals surface area contributed by atoms with E-state index in [0.29, 0.717) is 6.54 Å². The van der Waals surface area contributed by atoms with E-state index >= 15 is 0 Å². The van der Waals surface area contributed by atoms with E-state index in [1.54, 1.807) is 0 Å². The minimum absolute atomic E-state index is 0.0223. The summed E-state index contributed by atoms with van der Waals surface area (Å²) in [5.41, 5.74) is -0.229. The molecule has 0 saturated carbocycles. The first-order valence-electron chi connectivity index (χ1n) is 6.78. The van der Waals surface area contributed by atoms with Gasteiger partial charge in [0.1, 0.15) is 10.0 Å². The molecular formula is C13H19Cl2N3O2S. The molecule has 1 aromatic rings. The smallest absolute Gasteiger partial charge is 0.242 e. The van der Waals surface area contributed by atoms with Crippen LogP contribution in [0.15, 0.2) is 17.2 Å². The van der Waals surface area contributed by atoms with E-state index in [4.69, 9.17) is 23.2 Å². The second kappa shape index (κ2) is 6.38. The maximum Gasteiger partial charge on any atom is 0.242 e. The van der Waals surface area contributed by atoms with Crippen LogP contribution < -0.4 is 4.72 Å². The van der Waals surface area contributed by atoms with Gasteiger partial charge >= 0.3 is 0 Å². The van der Waals surface area contributed by atoms with Crippen LogP contribution in [0.3, 0.4) is 0 Å². The largest absolute Gasteiger partial charge is 0.297 e. The van der Waals surface area contributed by atoms with Crippen molar-refractivity contribution in [2.45, 2.75) is 37.1 Å². The molecule has 1 fully saturated rings. The Morgan fingerprint density at radius 1 is 1.33 bits per heavy atom. The molecule has 0 aromatic carbocycles. The average Bonchev–Trinajstić information content (AvgIpc) is 2.94. The Bertz CT molecular complexity index is 614. The SMILES string of the molecule is CC(C)(CNS(=O)(=O)c1cnc(Cl)c(Cl)c1)N1CCCC1. The topological polar surface area (TPSA) is 62.3 Å². The molecule has 8 heteroatoms. The third-order valence-corrected chi connectivity index (χ3v) is 5.79. The van der Waals surface area contributed by atoms with Crippen molar-refractivity contribution in [1.29, 1.82) is 0 Å². The predicted octanol–water partition coefficient (Wildman–Crippen LogP) is 2.54. The molecule has 21 heavy (non-hydrogen) atoms. The van der Waals surface area contributed by atoms with Crippen LogP contribution in [0, 0.1) is 0 Å². The fourth-order valence-corrected chi connectivity index (χ4v) is 3.85. The first kappa shape index (κ1) is 17.0. The summed E-state index contributed by atoms with van der Waals surface area (Å²) in [7, 11) is -3.64. The number of halogens is 2. The Morgan fingerprint density at radius 3 is 2.52 bits per heavy atom. The highest BCUT2D eigenvalue weighted by atomic mass is 35.5. The Hall–Kier alpha value is -0.400. The third-order valence-electron chi connectivity index (χ3n) is 3.74. The van der Waals surface area contributed by atoms with E-state index in [1.165, 1.54) is 12.3 Å². The molecule has 0 bridgehead atoms. The number of nitrogens with zero attached hydrogens (tertiary/aromatic N) is 2. The predicted molar refractivity (Wildman–Crippen MR) is 84.3 cm³/mol. The number of nitrogens with one attached hydrogen (secondary N) is 1. The summed E-state index contributed by atoms with van der Waals surface area (Å²) in [6.07, 6.45) is 3.53. The zero-order chi connectivity index (χ0) is 15.7. The van der Waals surface area contributed by atoms with Gasteiger partial charge in [-0.05, 0) is 45.8 Å². The van der Waals surface area contributed by atoms with Gasteiger partial charge in [-0.3, -0.25) is 4.90 Å². The molecular weight excluding hydrogens is 333 g/mol. The number of aromatic nitrogens is 1. The monoisotopic (exact) mass is 351 g/mol. The van der Waals surface area contributed by atoms with Gasteiger partial charge < -0.3 is 0 Å². The van der Waals surface area contributed by atoms with E-state index in [1.807, 2.05) is 13.8 Å². The molecule has 0 spiro atoms. The standard InChI is InChI=1S/C13H19Cl2N3O2S/c1-13(2,18-5-3-4-6-18)9-17-21(19,20)10-7-11(14)12(15)16-8-10/h7-8,17H,3-6,9H2,1-2H3. The molecule has 118 valence electrons. The highest BCUT2D eigenvalue weighted by molar-refractivity contribution is 7.89. The van der Waals surface area contributed by atoms with Gasteiger partial charge in [-0.15, -0.1) is 0 Å². The molecule has 0 unspecified atom stereocenters. The molecule has 0 aliphatic carbocycles. The lowest BCUT2D eigenvalue weighted by molar-refractivity contribution is 0.158. The van der Waals surface area contributed by atoms with Crippen molar-refractivity contribution in [3.63, 3.8) is 0 Å². The van der Waals surface area contributed by atoms with Crippen LogP contribution in [-0.2, 0) is 10.0 Å². The van der Waals surface area contributed by atoms with Crippen molar-refractivity contribution in [2.24, 2.45) is 0 Å². The Morgan fingerprint density at radius 2 is 1.95 bits per heavy atom. The molecule has 5 nitrogen and oxygen atoms in total. The number of rotatable bonds is 5. The highest BCUT2D eigenvalue weighted by Crippen LogP contribution is 2.23. The van der Waals surface area contributed by atoms with Crippen LogP contribution >= 0.6 is 23.2 Å². The molecule has 1 aliphatic rings. The summed E-state index contributed by atoms with van der Waals surface area (Å²) in [5, 5.41) is 0.214. The minimum Gasteiger partial charge on any atom is -0.297 e. The zero-order valence-corrected chi connectivity index (χ0v) is 14.4. The zero-order valence-electron chi connectivity index (χ0n) is 12.1. The van der Waals surface area contributed by atoms with Crippen molar-refractivity contribution in [2.75, 3.05) is 19.6 Å². The van der Waals surface area contributed by atoms with E-state index in [9.17, 15) is 8.42 Å². The first-order chi connectivity index (χ1) is 9.72. The fraction of sp³-hybridized carbons (Fsp3) is 0.615. The van der Waals surface area contributed by atoms with Crippen molar-refractivity contribution in [1.82, 2.24) is 14.6 Å². The second-order valence-corrected chi connectivity index (χ2v) is 8.31. The van der Waals surface area contributed by atoms with Crippen molar-refractivity contribution in [3.05, 3.63) is 22.4 Å². The van der Waals surface area contributed by atoms with Crippen LogP contribution in [0.5, 0.6) is 0 Å². The Labute approximate surface area is 135 Å². The Balaban J connectivity index is 2.08. The summed E-state index contributed by atoms with van der Waals surface area (Å²) in [4.78, 5) is 6.09. The quantitative estimate of drug-likeness (QED) is 0.828. The lowest BCUT2D eigenvalue weighted by atomic mass is 10.0. The second-order valence-electron chi connectivity index (χ2n) is 5.77. The van der Waals surface area contributed by atoms with Gasteiger partial charge in [0.25, 0.3) is 0 Å². The van der Waals surface area contributed by atoms with Crippen molar-refractivity contribution < 1.29 is 8.42 Å². The molecule has 0 radical (unpaired) electrons. The molecule has 0 atom stereocenters. The average molecular weight is 352 g/mol. The number of pyridine rings is 1. The molecule has 1 N–H and O–H groups in total. The normalized spacial score (nSPS) is 17.3. The molecule has 1 aromatic heterocycles. The van der Waals surface area contributed by atoms with Gasteiger partial charge in [0, 0.05) is 18.3 Å². The number of hydrogen-bond donors (Lipinski definition) is 1. The number of sulfonamides is 1. The minimum atomic E-state index is -3.64. The van der Waals surface area contributed by atoms with Crippen LogP contribution in [0.25, 0.3) is 0 Å². The first-order valence-corrected chi connectivity index (χ1v) is 9.02. The van der Waals surface area contributed by atoms with E-state index < -0.39 is 10.0 Å². The van der Waals surface area contributed by atoms with Gasteiger partial charge in [0.15, 0.2) is 0 Å². The van der Waals surface area contributed by atoms with Crippen LogP contribution in [0.4, 0.5) is 0 Å². The highest BCUT2D eigenvalue weighted by Gasteiger charge is 2.30. The van der Waals surface area contributed by atoms with E-state index in [0.717, 1.165) is 25.9 Å². The number of hydrogen-bond acceptors (Lipinski definition) is 4. The molecule has 2 rings (SSSR count). The summed E-state index contributed by atoms with van der Waals surface area (Å²) < 4.78 is 27.2. The molecule has 0 amide bonds. The lowest BCUT2D eigenvalue weighted by Crippen LogP contribution is -2.50. The van der Waals surface area contributed by atoms with Crippen LogP contribution in [-0.4, -0.2) is 43.5 Å². The molecule has 1 saturated heterocycles. The third kappa shape index (κ3) is 4.07. The van der Waals surface area contributed by atoms with E-state index in [-0.39, 0.29) is 20.6 Å². The summed E-state index contributed by atoms with van der Waals surface area (Å²) in [6, 6.07) is 1.31. The van der Waals surface area contributed by atoms with Gasteiger partial charge in [0.05, 0.1) is 5.02 Å². The summed E-state index contributed by atoms with van der Waals surface area (Å²) in [5.74, 6) is 0. The summed E-state index contributed by atoms with van der Waals surface area (Å²) in [6.45, 7) is 6.41. The summed E-state index contributed by atoms with van der Waals surface area (Å²) >= 11 is 11.5. The van der Waals surface area contributed by atoms with Crippen molar-refractivity contribution in [3.8, 4) is 0 Å². The van der Waals surface area contributed by atoms with Crippen LogP contribution in [0.2, 0.25) is 10.2 Å². The number of likely N-dealkylation sites (tertiary alicyclic amines) is 1. The fourth-order valence-electron chi connectivity index (χ4n) is 2.34. The molecule has 1 aliphatic heterocycles. The van der Waals surface area contributed by atoms with Gasteiger partial charge in [-0.25, -0.2) is 18.1 Å². The van der Waals surface area contributed by atoms with Crippen LogP contribution in [0.1, 0.15) is 26.7 Å². The Kier molecular flexibility index (Phi) is 5.15.